The predicted octanol–water partition coefficient (Wildman–Crippen LogP) is 3.49. The first-order chi connectivity index (χ1) is 15.1. The van der Waals surface area contributed by atoms with Crippen LogP contribution in [0, 0.1) is 5.92 Å². The number of amides is 3. The maximum atomic E-state index is 12.4. The fourth-order valence-electron chi connectivity index (χ4n) is 4.23. The van der Waals surface area contributed by atoms with E-state index in [0.29, 0.717) is 37.9 Å². The summed E-state index contributed by atoms with van der Waals surface area (Å²) >= 11 is 0. The number of ether oxygens (including phenoxy) is 1. The Labute approximate surface area is 182 Å². The first kappa shape index (κ1) is 19.8. The number of urea groups is 1. The molecule has 0 spiro atoms. The van der Waals surface area contributed by atoms with Crippen LogP contribution in [0.5, 0.6) is 5.75 Å². The van der Waals surface area contributed by atoms with Crippen molar-refractivity contribution in [2.75, 3.05) is 31.5 Å². The minimum Gasteiger partial charge on any atom is -0.489 e. The summed E-state index contributed by atoms with van der Waals surface area (Å²) in [7, 11) is 0. The number of nitrogens with zero attached hydrogens (tertiary/aromatic N) is 3. The number of aromatic nitrogens is 1. The summed E-state index contributed by atoms with van der Waals surface area (Å²) in [5.74, 6) is 2.01. The zero-order valence-corrected chi connectivity index (χ0v) is 17.6. The van der Waals surface area contributed by atoms with E-state index in [-0.39, 0.29) is 18.0 Å². The SMILES string of the molecule is O=C(CC1CC1)N1CC[C@H](Oc2ccc(NC(=O)N3CC(c4cccnc4)C3)cc2)C1. The predicted molar refractivity (Wildman–Crippen MR) is 117 cm³/mol. The van der Waals surface area contributed by atoms with E-state index in [0.717, 1.165) is 24.4 Å². The summed E-state index contributed by atoms with van der Waals surface area (Å²) in [4.78, 5) is 32.6. The number of nitrogens with one attached hydrogen (secondary N) is 1. The van der Waals surface area contributed by atoms with Crippen LogP contribution in [0.15, 0.2) is 48.8 Å². The third-order valence-electron chi connectivity index (χ3n) is 6.39. The molecule has 0 radical (unpaired) electrons. The zero-order valence-electron chi connectivity index (χ0n) is 17.6. The van der Waals surface area contributed by atoms with Gasteiger partial charge in [-0.2, -0.15) is 0 Å². The van der Waals surface area contributed by atoms with Crippen LogP contribution in [0.2, 0.25) is 0 Å². The molecule has 5 rings (SSSR count). The van der Waals surface area contributed by atoms with Gasteiger partial charge >= 0.3 is 6.03 Å². The number of rotatable bonds is 6. The van der Waals surface area contributed by atoms with Crippen molar-refractivity contribution < 1.29 is 14.3 Å². The maximum Gasteiger partial charge on any atom is 0.321 e. The van der Waals surface area contributed by atoms with Gasteiger partial charge in [-0.15, -0.1) is 0 Å². The van der Waals surface area contributed by atoms with Gasteiger partial charge in [-0.05, 0) is 54.7 Å². The zero-order chi connectivity index (χ0) is 21.2. The molecule has 2 aromatic rings. The topological polar surface area (TPSA) is 74.8 Å². The fourth-order valence-corrected chi connectivity index (χ4v) is 4.23. The Morgan fingerprint density at radius 2 is 1.84 bits per heavy atom. The van der Waals surface area contributed by atoms with Gasteiger partial charge in [-0.1, -0.05) is 6.07 Å². The number of carbonyl (C=O) groups is 2. The molecular weight excluding hydrogens is 392 g/mol. The van der Waals surface area contributed by atoms with Gasteiger partial charge in [0, 0.05) is 56.5 Å². The molecule has 31 heavy (non-hydrogen) atoms. The average molecular weight is 421 g/mol. The highest BCUT2D eigenvalue weighted by atomic mass is 16.5. The Morgan fingerprint density at radius 3 is 2.55 bits per heavy atom. The van der Waals surface area contributed by atoms with E-state index in [1.54, 1.807) is 11.1 Å². The monoisotopic (exact) mass is 420 g/mol. The molecule has 2 saturated heterocycles. The second-order valence-electron chi connectivity index (χ2n) is 8.86. The van der Waals surface area contributed by atoms with Crippen LogP contribution in [0.4, 0.5) is 10.5 Å². The highest BCUT2D eigenvalue weighted by molar-refractivity contribution is 5.90. The largest absolute Gasteiger partial charge is 0.489 e. The summed E-state index contributed by atoms with van der Waals surface area (Å²) in [6, 6.07) is 11.4. The smallest absolute Gasteiger partial charge is 0.321 e. The van der Waals surface area contributed by atoms with Gasteiger partial charge in [0.15, 0.2) is 0 Å². The molecule has 3 amide bonds. The van der Waals surface area contributed by atoms with Gasteiger partial charge in [-0.25, -0.2) is 4.79 Å². The lowest BCUT2D eigenvalue weighted by Gasteiger charge is -2.39. The number of hydrogen-bond donors (Lipinski definition) is 1. The van der Waals surface area contributed by atoms with E-state index in [9.17, 15) is 9.59 Å². The quantitative estimate of drug-likeness (QED) is 0.776. The van der Waals surface area contributed by atoms with Crippen molar-refractivity contribution in [2.24, 2.45) is 5.92 Å². The van der Waals surface area contributed by atoms with Crippen molar-refractivity contribution >= 4 is 17.6 Å². The van der Waals surface area contributed by atoms with E-state index in [2.05, 4.69) is 16.4 Å². The third-order valence-corrected chi connectivity index (χ3v) is 6.39. The molecule has 0 bridgehead atoms. The Hall–Kier alpha value is -3.09. The molecule has 7 nitrogen and oxygen atoms in total. The molecule has 1 aromatic heterocycles. The first-order valence-corrected chi connectivity index (χ1v) is 11.1. The summed E-state index contributed by atoms with van der Waals surface area (Å²) in [6.45, 7) is 2.85. The first-order valence-electron chi connectivity index (χ1n) is 11.1. The van der Waals surface area contributed by atoms with Crippen molar-refractivity contribution in [2.45, 2.75) is 37.7 Å². The van der Waals surface area contributed by atoms with Crippen LogP contribution in [0.3, 0.4) is 0 Å². The van der Waals surface area contributed by atoms with E-state index >= 15 is 0 Å². The summed E-state index contributed by atoms with van der Waals surface area (Å²) in [6.07, 6.45) is 7.62. The molecule has 1 aromatic carbocycles. The Morgan fingerprint density at radius 1 is 1.03 bits per heavy atom. The van der Waals surface area contributed by atoms with Crippen molar-refractivity contribution in [1.82, 2.24) is 14.8 Å². The Kier molecular flexibility index (Phi) is 5.49. The molecule has 2 aliphatic heterocycles. The summed E-state index contributed by atoms with van der Waals surface area (Å²) in [5.41, 5.74) is 1.92. The van der Waals surface area contributed by atoms with Gasteiger partial charge < -0.3 is 19.9 Å². The molecule has 7 heteroatoms. The van der Waals surface area contributed by atoms with Crippen LogP contribution in [0.1, 0.15) is 37.2 Å². The second-order valence-corrected chi connectivity index (χ2v) is 8.86. The van der Waals surface area contributed by atoms with Gasteiger partial charge in [0.25, 0.3) is 0 Å². The lowest BCUT2D eigenvalue weighted by molar-refractivity contribution is -0.130. The summed E-state index contributed by atoms with van der Waals surface area (Å²) < 4.78 is 6.06. The number of carbonyl (C=O) groups excluding carboxylic acids is 2. The van der Waals surface area contributed by atoms with Crippen molar-refractivity contribution in [3.05, 3.63) is 54.4 Å². The van der Waals surface area contributed by atoms with Crippen LogP contribution in [0.25, 0.3) is 0 Å². The molecule has 3 aliphatic rings. The fraction of sp³-hybridized carbons (Fsp3) is 0.458. The maximum absolute atomic E-state index is 12.4. The molecule has 162 valence electrons. The molecule has 1 atom stereocenters. The van der Waals surface area contributed by atoms with E-state index in [1.807, 2.05) is 41.4 Å². The van der Waals surface area contributed by atoms with Gasteiger partial charge in [0.1, 0.15) is 11.9 Å². The van der Waals surface area contributed by atoms with Crippen LogP contribution < -0.4 is 10.1 Å². The standard InChI is InChI=1S/C24H28N4O3/c29-23(12-17-3-4-17)27-11-9-22(16-27)31-21-7-5-20(6-8-21)26-24(30)28-14-19(15-28)18-2-1-10-25-13-18/h1-2,5-8,10,13,17,19,22H,3-4,9,11-12,14-16H2,(H,26,30)/t22-/m0/s1. The third kappa shape index (κ3) is 4.81. The average Bonchev–Trinajstić information content (AvgIpc) is 3.43. The molecule has 1 aliphatic carbocycles. The normalized spacial score (nSPS) is 21.0. The minimum atomic E-state index is -0.0885. The van der Waals surface area contributed by atoms with Crippen molar-refractivity contribution in [3.8, 4) is 5.75 Å². The number of hydrogen-bond acceptors (Lipinski definition) is 4. The lowest BCUT2D eigenvalue weighted by Crippen LogP contribution is -2.50. The van der Waals surface area contributed by atoms with E-state index in [4.69, 9.17) is 4.74 Å². The molecular formula is C24H28N4O3. The summed E-state index contributed by atoms with van der Waals surface area (Å²) in [5, 5.41) is 2.95. The van der Waals surface area contributed by atoms with Crippen molar-refractivity contribution in [1.29, 1.82) is 0 Å². The van der Waals surface area contributed by atoms with E-state index < -0.39 is 0 Å². The molecule has 1 N–H and O–H groups in total. The minimum absolute atomic E-state index is 0.0362. The van der Waals surface area contributed by atoms with Crippen LogP contribution in [-0.4, -0.2) is 59.0 Å². The molecule has 1 saturated carbocycles. The molecule has 0 unspecified atom stereocenters. The molecule has 3 heterocycles. The number of benzene rings is 1. The highest BCUT2D eigenvalue weighted by Crippen LogP contribution is 2.33. The highest BCUT2D eigenvalue weighted by Gasteiger charge is 2.33. The van der Waals surface area contributed by atoms with E-state index in [1.165, 1.54) is 18.4 Å². The Bertz CT molecular complexity index is 924. The van der Waals surface area contributed by atoms with Crippen molar-refractivity contribution in [3.63, 3.8) is 0 Å². The molecule has 3 fully saturated rings. The second kappa shape index (κ2) is 8.57. The lowest BCUT2D eigenvalue weighted by atomic mass is 9.93. The number of pyridine rings is 1. The van der Waals surface area contributed by atoms with Gasteiger partial charge in [0.2, 0.25) is 5.91 Å². The number of likely N-dealkylation sites (tertiary alicyclic amines) is 2. The van der Waals surface area contributed by atoms with Gasteiger partial charge in [0.05, 0.1) is 6.54 Å². The number of anilines is 1. The van der Waals surface area contributed by atoms with Gasteiger partial charge in [-0.3, -0.25) is 9.78 Å². The van der Waals surface area contributed by atoms with Crippen LogP contribution >= 0.6 is 0 Å². The van der Waals surface area contributed by atoms with Crippen LogP contribution in [-0.2, 0) is 4.79 Å². The Balaban J connectivity index is 1.07.